The molecule has 4 nitrogen and oxygen atoms in total. The summed E-state index contributed by atoms with van der Waals surface area (Å²) < 4.78 is 5.45. The van der Waals surface area contributed by atoms with Crippen molar-refractivity contribution >= 4 is 0 Å². The van der Waals surface area contributed by atoms with Gasteiger partial charge >= 0.3 is 0 Å². The topological polar surface area (TPSA) is 39.5 Å². The third kappa shape index (κ3) is 5.31. The monoisotopic (exact) mass is 329 g/mol. The lowest BCUT2D eigenvalue weighted by Crippen LogP contribution is -2.51. The van der Waals surface area contributed by atoms with Crippen molar-refractivity contribution in [1.82, 2.24) is 9.80 Å². The quantitative estimate of drug-likeness (QED) is 0.734. The molecule has 1 aliphatic heterocycles. The van der Waals surface area contributed by atoms with Crippen LogP contribution in [0.3, 0.4) is 0 Å². The van der Waals surface area contributed by atoms with Crippen LogP contribution in [0.15, 0.2) is 30.3 Å². The van der Waals surface area contributed by atoms with Crippen molar-refractivity contribution in [2.45, 2.75) is 38.8 Å². The van der Waals surface area contributed by atoms with Gasteiger partial charge in [0.15, 0.2) is 0 Å². The maximum absolute atomic E-state index is 9.70. The zero-order valence-corrected chi connectivity index (χ0v) is 15.4. The van der Waals surface area contributed by atoms with Gasteiger partial charge in [-0.2, -0.15) is 5.26 Å². The second kappa shape index (κ2) is 9.17. The SMILES string of the molecule is CC(C)CN(CCN(C)C1(C#N)CCOCC1)Cc1ccccc1. The van der Waals surface area contributed by atoms with Gasteiger partial charge in [-0.3, -0.25) is 9.80 Å². The van der Waals surface area contributed by atoms with E-state index in [-0.39, 0.29) is 5.54 Å². The minimum absolute atomic E-state index is 0.353. The molecule has 1 aromatic rings. The van der Waals surface area contributed by atoms with Crippen molar-refractivity contribution in [2.75, 3.05) is 39.9 Å². The van der Waals surface area contributed by atoms with Crippen LogP contribution in [0.5, 0.6) is 0 Å². The molecule has 0 N–H and O–H groups in total. The summed E-state index contributed by atoms with van der Waals surface area (Å²) in [6.45, 7) is 9.84. The highest BCUT2D eigenvalue weighted by Gasteiger charge is 2.36. The number of nitriles is 1. The van der Waals surface area contributed by atoms with E-state index in [0.29, 0.717) is 19.1 Å². The van der Waals surface area contributed by atoms with E-state index in [4.69, 9.17) is 4.74 Å². The summed E-state index contributed by atoms with van der Waals surface area (Å²) in [5.41, 5.74) is 0.996. The van der Waals surface area contributed by atoms with Gasteiger partial charge in [0.25, 0.3) is 0 Å². The summed E-state index contributed by atoms with van der Waals surface area (Å²) >= 11 is 0. The predicted octanol–water partition coefficient (Wildman–Crippen LogP) is 3.15. The second-order valence-corrected chi connectivity index (χ2v) is 7.29. The van der Waals surface area contributed by atoms with Crippen LogP contribution >= 0.6 is 0 Å². The van der Waals surface area contributed by atoms with Crippen molar-refractivity contribution in [3.63, 3.8) is 0 Å². The molecule has 1 saturated heterocycles. The fourth-order valence-electron chi connectivity index (χ4n) is 3.39. The third-order valence-corrected chi connectivity index (χ3v) is 4.88. The van der Waals surface area contributed by atoms with Crippen LogP contribution in [0, 0.1) is 17.2 Å². The van der Waals surface area contributed by atoms with Gasteiger partial charge in [0, 0.05) is 52.2 Å². The van der Waals surface area contributed by atoms with Crippen molar-refractivity contribution in [1.29, 1.82) is 5.26 Å². The molecule has 0 radical (unpaired) electrons. The average Bonchev–Trinajstić information content (AvgIpc) is 2.60. The molecule has 0 spiro atoms. The number of nitrogens with zero attached hydrogens (tertiary/aromatic N) is 3. The van der Waals surface area contributed by atoms with E-state index in [1.165, 1.54) is 5.56 Å². The molecule has 2 rings (SSSR count). The molecular formula is C20H31N3O. The maximum Gasteiger partial charge on any atom is 0.113 e. The molecule has 132 valence electrons. The maximum atomic E-state index is 9.70. The Kier molecular flexibility index (Phi) is 7.23. The largest absolute Gasteiger partial charge is 0.381 e. The van der Waals surface area contributed by atoms with E-state index in [1.807, 2.05) is 0 Å². The molecule has 0 aromatic heterocycles. The lowest BCUT2D eigenvalue weighted by Gasteiger charge is -2.40. The smallest absolute Gasteiger partial charge is 0.113 e. The molecule has 0 unspecified atom stereocenters. The number of rotatable bonds is 8. The van der Waals surface area contributed by atoms with E-state index in [2.05, 4.69) is 67.1 Å². The molecule has 0 saturated carbocycles. The van der Waals surface area contributed by atoms with E-state index in [9.17, 15) is 5.26 Å². The highest BCUT2D eigenvalue weighted by atomic mass is 16.5. The average molecular weight is 329 g/mol. The minimum atomic E-state index is -0.353. The van der Waals surface area contributed by atoms with Crippen LogP contribution in [0.4, 0.5) is 0 Å². The Hall–Kier alpha value is -1.41. The molecule has 4 heteroatoms. The fraction of sp³-hybridized carbons (Fsp3) is 0.650. The lowest BCUT2D eigenvalue weighted by molar-refractivity contribution is 0.00758. The van der Waals surface area contributed by atoms with E-state index < -0.39 is 0 Å². The number of hydrogen-bond acceptors (Lipinski definition) is 4. The van der Waals surface area contributed by atoms with Crippen LogP contribution in [0.25, 0.3) is 0 Å². The highest BCUT2D eigenvalue weighted by Crippen LogP contribution is 2.26. The summed E-state index contributed by atoms with van der Waals surface area (Å²) in [4.78, 5) is 4.74. The van der Waals surface area contributed by atoms with Gasteiger partial charge in [-0.25, -0.2) is 0 Å². The molecule has 1 fully saturated rings. The van der Waals surface area contributed by atoms with E-state index >= 15 is 0 Å². The lowest BCUT2D eigenvalue weighted by atomic mass is 9.90. The molecular weight excluding hydrogens is 298 g/mol. The molecule has 0 atom stereocenters. The van der Waals surface area contributed by atoms with Crippen LogP contribution < -0.4 is 0 Å². The number of benzene rings is 1. The first-order chi connectivity index (χ1) is 11.6. The van der Waals surface area contributed by atoms with Gasteiger partial charge in [-0.1, -0.05) is 44.2 Å². The van der Waals surface area contributed by atoms with Crippen molar-refractivity contribution in [3.8, 4) is 6.07 Å². The summed E-state index contributed by atoms with van der Waals surface area (Å²) in [5, 5.41) is 9.70. The third-order valence-electron chi connectivity index (χ3n) is 4.88. The molecule has 1 aromatic carbocycles. The normalized spacial score (nSPS) is 17.4. The Labute approximate surface area is 147 Å². The van der Waals surface area contributed by atoms with Gasteiger partial charge in [0.05, 0.1) is 6.07 Å². The molecule has 24 heavy (non-hydrogen) atoms. The van der Waals surface area contributed by atoms with Crippen LogP contribution in [0.2, 0.25) is 0 Å². The Morgan fingerprint density at radius 1 is 1.17 bits per heavy atom. The summed E-state index contributed by atoms with van der Waals surface area (Å²) in [5.74, 6) is 0.632. The summed E-state index contributed by atoms with van der Waals surface area (Å²) in [6.07, 6.45) is 1.62. The standard InChI is InChI=1S/C20H31N3O/c1-18(2)15-23(16-19-7-5-4-6-8-19)12-11-22(3)20(17-21)9-13-24-14-10-20/h4-8,18H,9-16H2,1-3H3. The molecule has 1 heterocycles. The van der Waals surface area contributed by atoms with E-state index in [0.717, 1.165) is 39.0 Å². The second-order valence-electron chi connectivity index (χ2n) is 7.29. The number of likely N-dealkylation sites (N-methyl/N-ethyl adjacent to an activating group) is 1. The van der Waals surface area contributed by atoms with Gasteiger partial charge in [-0.15, -0.1) is 0 Å². The van der Waals surface area contributed by atoms with Gasteiger partial charge in [0.1, 0.15) is 5.54 Å². The summed E-state index contributed by atoms with van der Waals surface area (Å²) in [6, 6.07) is 13.2. The zero-order valence-electron chi connectivity index (χ0n) is 15.4. The molecule has 0 amide bonds. The Bertz CT molecular complexity index is 517. The van der Waals surface area contributed by atoms with Crippen LogP contribution in [-0.2, 0) is 11.3 Å². The van der Waals surface area contributed by atoms with Gasteiger partial charge in [0.2, 0.25) is 0 Å². The Morgan fingerprint density at radius 2 is 1.83 bits per heavy atom. The first-order valence-electron chi connectivity index (χ1n) is 9.02. The molecule has 0 aliphatic carbocycles. The van der Waals surface area contributed by atoms with Crippen LogP contribution in [0.1, 0.15) is 32.3 Å². The van der Waals surface area contributed by atoms with E-state index in [1.54, 1.807) is 0 Å². The predicted molar refractivity (Wildman–Crippen MR) is 97.6 cm³/mol. The minimum Gasteiger partial charge on any atom is -0.381 e. The molecule has 1 aliphatic rings. The first kappa shape index (κ1) is 18.9. The van der Waals surface area contributed by atoms with Gasteiger partial charge in [-0.05, 0) is 18.5 Å². The number of ether oxygens (including phenoxy) is 1. The first-order valence-corrected chi connectivity index (χ1v) is 9.02. The number of hydrogen-bond donors (Lipinski definition) is 0. The molecule has 0 bridgehead atoms. The highest BCUT2D eigenvalue weighted by molar-refractivity contribution is 5.14. The van der Waals surface area contributed by atoms with Gasteiger partial charge < -0.3 is 4.74 Å². The Balaban J connectivity index is 1.95. The zero-order chi connectivity index (χ0) is 17.4. The fourth-order valence-corrected chi connectivity index (χ4v) is 3.39. The van der Waals surface area contributed by atoms with Crippen molar-refractivity contribution < 1.29 is 4.74 Å². The Morgan fingerprint density at radius 3 is 2.42 bits per heavy atom. The van der Waals surface area contributed by atoms with Crippen LogP contribution in [-0.4, -0.2) is 55.2 Å². The summed E-state index contributed by atoms with van der Waals surface area (Å²) in [7, 11) is 2.09. The van der Waals surface area contributed by atoms with Crippen molar-refractivity contribution in [3.05, 3.63) is 35.9 Å². The van der Waals surface area contributed by atoms with Crippen molar-refractivity contribution in [2.24, 2.45) is 5.92 Å².